The van der Waals surface area contributed by atoms with Gasteiger partial charge in [0.1, 0.15) is 0 Å². The van der Waals surface area contributed by atoms with Gasteiger partial charge in [-0.1, -0.05) is 6.07 Å². The third kappa shape index (κ3) is 5.61. The van der Waals surface area contributed by atoms with Gasteiger partial charge in [0.25, 0.3) is 5.69 Å². The number of hydrogen-bond donors (Lipinski definition) is 5. The van der Waals surface area contributed by atoms with E-state index in [9.17, 15) is 20.3 Å². The molecule has 0 radical (unpaired) electrons. The number of hydrogen-bond acceptors (Lipinski definition) is 8. The normalized spacial score (nSPS) is 13.7. The summed E-state index contributed by atoms with van der Waals surface area (Å²) < 4.78 is 0. The summed E-state index contributed by atoms with van der Waals surface area (Å²) in [6, 6.07) is 5.68. The van der Waals surface area contributed by atoms with Gasteiger partial charge in [0, 0.05) is 18.7 Å². The number of nitrogens with one attached hydrogen (secondary N) is 1. The summed E-state index contributed by atoms with van der Waals surface area (Å²) in [5, 5.41) is 48.7. The number of nitro groups is 1. The SMILES string of the molecule is O=[N+]([O-])c1cccc(N(CC(O)CO)NCC(O)CO)c1. The van der Waals surface area contributed by atoms with Crippen molar-refractivity contribution in [2.45, 2.75) is 12.2 Å². The molecule has 118 valence electrons. The molecule has 0 bridgehead atoms. The molecule has 1 aromatic rings. The van der Waals surface area contributed by atoms with Gasteiger partial charge in [-0.25, -0.2) is 5.43 Å². The highest BCUT2D eigenvalue weighted by molar-refractivity contribution is 5.52. The summed E-state index contributed by atoms with van der Waals surface area (Å²) in [6.07, 6.45) is -2.08. The Morgan fingerprint density at radius 1 is 1.24 bits per heavy atom. The van der Waals surface area contributed by atoms with Gasteiger partial charge in [-0.2, -0.15) is 0 Å². The van der Waals surface area contributed by atoms with Crippen molar-refractivity contribution in [3.05, 3.63) is 34.4 Å². The van der Waals surface area contributed by atoms with Crippen molar-refractivity contribution in [3.63, 3.8) is 0 Å². The fraction of sp³-hybridized carbons (Fsp3) is 0.500. The zero-order valence-electron chi connectivity index (χ0n) is 11.3. The first-order valence-electron chi connectivity index (χ1n) is 6.31. The van der Waals surface area contributed by atoms with E-state index < -0.39 is 30.3 Å². The van der Waals surface area contributed by atoms with Crippen molar-refractivity contribution in [2.24, 2.45) is 0 Å². The van der Waals surface area contributed by atoms with Crippen LogP contribution in [0.25, 0.3) is 0 Å². The van der Waals surface area contributed by atoms with E-state index in [0.29, 0.717) is 5.69 Å². The molecule has 0 saturated carbocycles. The van der Waals surface area contributed by atoms with Crippen LogP contribution >= 0.6 is 0 Å². The molecule has 9 heteroatoms. The second kappa shape index (κ2) is 8.49. The highest BCUT2D eigenvalue weighted by Crippen LogP contribution is 2.20. The molecular weight excluding hydrogens is 282 g/mol. The largest absolute Gasteiger partial charge is 0.394 e. The summed E-state index contributed by atoms with van der Waals surface area (Å²) >= 11 is 0. The molecule has 1 rings (SSSR count). The fourth-order valence-electron chi connectivity index (χ4n) is 1.58. The molecule has 0 amide bonds. The van der Waals surface area contributed by atoms with Crippen molar-refractivity contribution in [2.75, 3.05) is 31.3 Å². The van der Waals surface area contributed by atoms with Gasteiger partial charge in [0.05, 0.1) is 42.6 Å². The zero-order chi connectivity index (χ0) is 15.8. The van der Waals surface area contributed by atoms with E-state index in [1.165, 1.54) is 23.2 Å². The molecule has 0 heterocycles. The van der Waals surface area contributed by atoms with Crippen molar-refractivity contribution in [3.8, 4) is 0 Å². The molecule has 0 saturated heterocycles. The standard InChI is InChI=1S/C12H19N3O6/c16-7-11(18)5-13-14(6-12(19)8-17)9-2-1-3-10(4-9)15(20)21/h1-4,11-13,16-19H,5-8H2. The topological polar surface area (TPSA) is 139 Å². The van der Waals surface area contributed by atoms with Crippen LogP contribution in [0.15, 0.2) is 24.3 Å². The maximum Gasteiger partial charge on any atom is 0.271 e. The van der Waals surface area contributed by atoms with E-state index in [2.05, 4.69) is 5.43 Å². The van der Waals surface area contributed by atoms with E-state index >= 15 is 0 Å². The average molecular weight is 301 g/mol. The molecule has 21 heavy (non-hydrogen) atoms. The number of benzene rings is 1. The van der Waals surface area contributed by atoms with Crippen molar-refractivity contribution >= 4 is 11.4 Å². The number of non-ortho nitro benzene ring substituents is 1. The molecule has 0 aliphatic carbocycles. The smallest absolute Gasteiger partial charge is 0.271 e. The van der Waals surface area contributed by atoms with Crippen LogP contribution < -0.4 is 10.4 Å². The fourth-order valence-corrected chi connectivity index (χ4v) is 1.58. The van der Waals surface area contributed by atoms with E-state index in [-0.39, 0.29) is 18.8 Å². The molecular formula is C12H19N3O6. The van der Waals surface area contributed by atoms with E-state index in [4.69, 9.17) is 10.2 Å². The predicted molar refractivity (Wildman–Crippen MR) is 74.6 cm³/mol. The quantitative estimate of drug-likeness (QED) is 0.277. The van der Waals surface area contributed by atoms with Crippen LogP contribution in [0.5, 0.6) is 0 Å². The number of aliphatic hydroxyl groups is 4. The van der Waals surface area contributed by atoms with E-state index in [1.54, 1.807) is 6.07 Å². The van der Waals surface area contributed by atoms with Crippen molar-refractivity contribution < 1.29 is 25.3 Å². The third-order valence-electron chi connectivity index (χ3n) is 2.68. The van der Waals surface area contributed by atoms with Gasteiger partial charge in [0.2, 0.25) is 0 Å². The molecule has 0 spiro atoms. The number of nitrogens with zero attached hydrogens (tertiary/aromatic N) is 2. The second-order valence-electron chi connectivity index (χ2n) is 4.42. The van der Waals surface area contributed by atoms with Gasteiger partial charge in [-0.05, 0) is 6.07 Å². The number of anilines is 1. The van der Waals surface area contributed by atoms with Gasteiger partial charge in [-0.15, -0.1) is 0 Å². The Balaban J connectivity index is 2.88. The van der Waals surface area contributed by atoms with Crippen LogP contribution in [0, 0.1) is 10.1 Å². The Morgan fingerprint density at radius 2 is 1.90 bits per heavy atom. The summed E-state index contributed by atoms with van der Waals surface area (Å²) in [7, 11) is 0. The minimum atomic E-state index is -1.07. The van der Waals surface area contributed by atoms with Crippen LogP contribution in [0.4, 0.5) is 11.4 Å². The minimum absolute atomic E-state index is 0.0165. The molecule has 9 nitrogen and oxygen atoms in total. The summed E-state index contributed by atoms with van der Waals surface area (Å²) in [5.74, 6) is 0. The number of rotatable bonds is 9. The summed E-state index contributed by atoms with van der Waals surface area (Å²) in [4.78, 5) is 10.2. The third-order valence-corrected chi connectivity index (χ3v) is 2.68. The highest BCUT2D eigenvalue weighted by atomic mass is 16.6. The molecule has 2 unspecified atom stereocenters. The lowest BCUT2D eigenvalue weighted by Crippen LogP contribution is -2.47. The monoisotopic (exact) mass is 301 g/mol. The molecule has 0 aromatic heterocycles. The highest BCUT2D eigenvalue weighted by Gasteiger charge is 2.16. The number of hydrazine groups is 1. The van der Waals surface area contributed by atoms with Gasteiger partial charge >= 0.3 is 0 Å². The number of nitro benzene ring substituents is 1. The van der Waals surface area contributed by atoms with Crippen LogP contribution in [-0.2, 0) is 0 Å². The van der Waals surface area contributed by atoms with Gasteiger partial charge in [0.15, 0.2) is 0 Å². The minimum Gasteiger partial charge on any atom is -0.394 e. The molecule has 0 fully saturated rings. The molecule has 5 N–H and O–H groups in total. The van der Waals surface area contributed by atoms with Crippen LogP contribution in [-0.4, -0.2) is 63.9 Å². The first-order valence-corrected chi connectivity index (χ1v) is 6.31. The van der Waals surface area contributed by atoms with Crippen LogP contribution in [0.2, 0.25) is 0 Å². The lowest BCUT2D eigenvalue weighted by Gasteiger charge is -2.28. The molecule has 2 atom stereocenters. The maximum absolute atomic E-state index is 10.8. The molecule has 0 aliphatic rings. The lowest BCUT2D eigenvalue weighted by molar-refractivity contribution is -0.384. The maximum atomic E-state index is 10.8. The Hall–Kier alpha value is -1.78. The summed E-state index contributed by atoms with van der Waals surface area (Å²) in [5.41, 5.74) is 3.01. The van der Waals surface area contributed by atoms with Crippen LogP contribution in [0.3, 0.4) is 0 Å². The van der Waals surface area contributed by atoms with Gasteiger partial charge < -0.3 is 25.4 Å². The van der Waals surface area contributed by atoms with Gasteiger partial charge in [-0.3, -0.25) is 10.1 Å². The second-order valence-corrected chi connectivity index (χ2v) is 4.42. The summed E-state index contributed by atoms with van der Waals surface area (Å²) in [6.45, 7) is -0.985. The Labute approximate surface area is 121 Å². The van der Waals surface area contributed by atoms with E-state index in [1.807, 2.05) is 0 Å². The van der Waals surface area contributed by atoms with E-state index in [0.717, 1.165) is 0 Å². The Kier molecular flexibility index (Phi) is 6.99. The zero-order valence-corrected chi connectivity index (χ0v) is 11.3. The molecule has 1 aromatic carbocycles. The number of aliphatic hydroxyl groups excluding tert-OH is 4. The Bertz CT molecular complexity index is 458. The predicted octanol–water partition coefficient (Wildman–Crippen LogP) is -1.39. The first-order chi connectivity index (χ1) is 9.97. The molecule has 0 aliphatic heterocycles. The van der Waals surface area contributed by atoms with Crippen molar-refractivity contribution in [1.82, 2.24) is 5.43 Å². The lowest BCUT2D eigenvalue weighted by atomic mass is 10.2. The van der Waals surface area contributed by atoms with Crippen molar-refractivity contribution in [1.29, 1.82) is 0 Å². The first kappa shape index (κ1) is 17.3. The Morgan fingerprint density at radius 3 is 2.48 bits per heavy atom. The van der Waals surface area contributed by atoms with Crippen LogP contribution in [0.1, 0.15) is 0 Å². The average Bonchev–Trinajstić information content (AvgIpc) is 2.50.